The van der Waals surface area contributed by atoms with Crippen molar-refractivity contribution in [3.63, 3.8) is 0 Å². The lowest BCUT2D eigenvalue weighted by Crippen LogP contribution is -2.02. The molecule has 0 spiro atoms. The molecule has 1 heterocycles. The summed E-state index contributed by atoms with van der Waals surface area (Å²) in [5.74, 6) is -0.242. The molecule has 2 aromatic rings. The van der Waals surface area contributed by atoms with Gasteiger partial charge in [-0.05, 0) is 48.4 Å². The van der Waals surface area contributed by atoms with Crippen molar-refractivity contribution in [3.05, 3.63) is 59.2 Å². The smallest absolute Gasteiger partial charge is 0.140 e. The van der Waals surface area contributed by atoms with Gasteiger partial charge < -0.3 is 5.32 Å². The molecule has 3 nitrogen and oxygen atoms in total. The van der Waals surface area contributed by atoms with Crippen LogP contribution in [0.3, 0.4) is 0 Å². The second-order valence-corrected chi connectivity index (χ2v) is 3.97. The van der Waals surface area contributed by atoms with Gasteiger partial charge in [0.1, 0.15) is 17.6 Å². The fourth-order valence-corrected chi connectivity index (χ4v) is 1.67. The average Bonchev–Trinajstić information content (AvgIpc) is 2.38. The summed E-state index contributed by atoms with van der Waals surface area (Å²) in [6, 6.07) is 10.2. The van der Waals surface area contributed by atoms with Crippen molar-refractivity contribution in [2.45, 2.75) is 13.5 Å². The van der Waals surface area contributed by atoms with Crippen LogP contribution < -0.4 is 5.32 Å². The molecule has 1 aromatic carbocycles. The number of aryl methyl sites for hydroxylation is 1. The van der Waals surface area contributed by atoms with Crippen molar-refractivity contribution in [1.82, 2.24) is 4.98 Å². The van der Waals surface area contributed by atoms with Crippen molar-refractivity contribution < 1.29 is 4.39 Å². The van der Waals surface area contributed by atoms with E-state index < -0.39 is 0 Å². The minimum absolute atomic E-state index is 0.242. The van der Waals surface area contributed by atoms with Crippen LogP contribution in [-0.2, 0) is 6.54 Å². The van der Waals surface area contributed by atoms with E-state index in [0.29, 0.717) is 12.2 Å². The quantitative estimate of drug-likeness (QED) is 0.898. The van der Waals surface area contributed by atoms with Gasteiger partial charge in [0, 0.05) is 18.4 Å². The molecule has 0 fully saturated rings. The molecule has 0 amide bonds. The Kier molecular flexibility index (Phi) is 3.54. The minimum atomic E-state index is -0.242. The van der Waals surface area contributed by atoms with Gasteiger partial charge in [-0.3, -0.25) is 0 Å². The maximum absolute atomic E-state index is 12.9. The molecule has 1 N–H and O–H groups in total. The van der Waals surface area contributed by atoms with Crippen molar-refractivity contribution >= 4 is 5.69 Å². The van der Waals surface area contributed by atoms with Crippen LogP contribution in [0.4, 0.5) is 10.1 Å². The highest BCUT2D eigenvalue weighted by Crippen LogP contribution is 2.16. The number of pyridine rings is 1. The number of hydrogen-bond acceptors (Lipinski definition) is 3. The lowest BCUT2D eigenvalue weighted by atomic mass is 10.2. The SMILES string of the molecule is Cc1cc(F)ccc1NCc1ccnc(C#N)c1. The third-order valence-corrected chi connectivity index (χ3v) is 2.61. The Labute approximate surface area is 105 Å². The molecule has 0 saturated heterocycles. The Balaban J connectivity index is 2.09. The Hall–Kier alpha value is -2.41. The molecule has 1 aromatic heterocycles. The van der Waals surface area contributed by atoms with E-state index in [-0.39, 0.29) is 5.82 Å². The molecule has 0 aliphatic rings. The van der Waals surface area contributed by atoms with E-state index >= 15 is 0 Å². The van der Waals surface area contributed by atoms with E-state index in [4.69, 9.17) is 5.26 Å². The van der Waals surface area contributed by atoms with Crippen molar-refractivity contribution in [1.29, 1.82) is 5.26 Å². The topological polar surface area (TPSA) is 48.7 Å². The lowest BCUT2D eigenvalue weighted by Gasteiger charge is -2.09. The predicted molar refractivity (Wildman–Crippen MR) is 67.4 cm³/mol. The molecule has 0 saturated carbocycles. The molecule has 0 aliphatic carbocycles. The number of nitriles is 1. The molecule has 2 rings (SSSR count). The zero-order chi connectivity index (χ0) is 13.0. The third-order valence-electron chi connectivity index (χ3n) is 2.61. The first-order valence-corrected chi connectivity index (χ1v) is 5.54. The second-order valence-electron chi connectivity index (χ2n) is 3.97. The number of aromatic nitrogens is 1. The van der Waals surface area contributed by atoms with Gasteiger partial charge in [0.25, 0.3) is 0 Å². The highest BCUT2D eigenvalue weighted by molar-refractivity contribution is 5.50. The Morgan fingerprint density at radius 2 is 2.17 bits per heavy atom. The summed E-state index contributed by atoms with van der Waals surface area (Å²) in [4.78, 5) is 3.90. The van der Waals surface area contributed by atoms with Gasteiger partial charge in [0.05, 0.1) is 0 Å². The van der Waals surface area contributed by atoms with Crippen LogP contribution in [0.5, 0.6) is 0 Å². The van der Waals surface area contributed by atoms with Gasteiger partial charge in [-0.2, -0.15) is 5.26 Å². The standard InChI is InChI=1S/C14H12FN3/c1-10-6-12(15)2-3-14(10)18-9-11-4-5-17-13(7-11)8-16/h2-7,18H,9H2,1H3. The first-order chi connectivity index (χ1) is 8.69. The summed E-state index contributed by atoms with van der Waals surface area (Å²) >= 11 is 0. The highest BCUT2D eigenvalue weighted by atomic mass is 19.1. The second kappa shape index (κ2) is 5.28. The Morgan fingerprint density at radius 3 is 2.89 bits per heavy atom. The number of nitrogens with one attached hydrogen (secondary N) is 1. The largest absolute Gasteiger partial charge is 0.381 e. The molecule has 4 heteroatoms. The van der Waals surface area contributed by atoms with Crippen molar-refractivity contribution in [2.24, 2.45) is 0 Å². The monoisotopic (exact) mass is 241 g/mol. The number of hydrogen-bond donors (Lipinski definition) is 1. The Morgan fingerprint density at radius 1 is 1.33 bits per heavy atom. The van der Waals surface area contributed by atoms with Crippen LogP contribution in [0.15, 0.2) is 36.5 Å². The molecule has 0 aliphatic heterocycles. The molecule has 0 atom stereocenters. The molecular weight excluding hydrogens is 229 g/mol. The Bertz CT molecular complexity index is 602. The lowest BCUT2D eigenvalue weighted by molar-refractivity contribution is 0.627. The maximum Gasteiger partial charge on any atom is 0.140 e. The predicted octanol–water partition coefficient (Wildman–Crippen LogP) is 3.01. The maximum atomic E-state index is 12.9. The van der Waals surface area contributed by atoms with Crippen molar-refractivity contribution in [2.75, 3.05) is 5.32 Å². The summed E-state index contributed by atoms with van der Waals surface area (Å²) in [5, 5.41) is 12.0. The van der Waals surface area contributed by atoms with Crippen LogP contribution in [0.2, 0.25) is 0 Å². The highest BCUT2D eigenvalue weighted by Gasteiger charge is 2.01. The summed E-state index contributed by atoms with van der Waals surface area (Å²) in [7, 11) is 0. The van der Waals surface area contributed by atoms with Gasteiger partial charge in [0.15, 0.2) is 0 Å². The van der Waals surface area contributed by atoms with E-state index in [2.05, 4.69) is 10.3 Å². The molecule has 0 unspecified atom stereocenters. The number of halogens is 1. The van der Waals surface area contributed by atoms with Crippen LogP contribution in [0, 0.1) is 24.1 Å². The summed E-state index contributed by atoms with van der Waals surface area (Å²) in [5.41, 5.74) is 3.09. The van der Waals surface area contributed by atoms with Crippen LogP contribution in [0.1, 0.15) is 16.8 Å². The molecule has 0 bridgehead atoms. The number of nitrogens with zero attached hydrogens (tertiary/aromatic N) is 2. The van der Waals surface area contributed by atoms with Crippen LogP contribution in [-0.4, -0.2) is 4.98 Å². The number of benzene rings is 1. The van der Waals surface area contributed by atoms with Gasteiger partial charge in [0.2, 0.25) is 0 Å². The minimum Gasteiger partial charge on any atom is -0.381 e. The van der Waals surface area contributed by atoms with Gasteiger partial charge >= 0.3 is 0 Å². The van der Waals surface area contributed by atoms with E-state index in [1.54, 1.807) is 18.3 Å². The van der Waals surface area contributed by atoms with Gasteiger partial charge in [-0.25, -0.2) is 9.37 Å². The fraction of sp³-hybridized carbons (Fsp3) is 0.143. The molecule has 90 valence electrons. The summed E-state index contributed by atoms with van der Waals surface area (Å²) < 4.78 is 12.9. The first-order valence-electron chi connectivity index (χ1n) is 5.54. The van der Waals surface area contributed by atoms with Gasteiger partial charge in [-0.15, -0.1) is 0 Å². The molecule has 18 heavy (non-hydrogen) atoms. The van der Waals surface area contributed by atoms with E-state index in [1.807, 2.05) is 19.1 Å². The first kappa shape index (κ1) is 12.1. The summed E-state index contributed by atoms with van der Waals surface area (Å²) in [6.45, 7) is 2.42. The fourth-order valence-electron chi connectivity index (χ4n) is 1.67. The van der Waals surface area contributed by atoms with E-state index in [9.17, 15) is 4.39 Å². The number of rotatable bonds is 3. The van der Waals surface area contributed by atoms with Crippen LogP contribution in [0.25, 0.3) is 0 Å². The third kappa shape index (κ3) is 2.83. The average molecular weight is 241 g/mol. The normalized spacial score (nSPS) is 9.83. The molecular formula is C14H12FN3. The zero-order valence-corrected chi connectivity index (χ0v) is 9.94. The molecule has 0 radical (unpaired) electrons. The summed E-state index contributed by atoms with van der Waals surface area (Å²) in [6.07, 6.45) is 1.60. The van der Waals surface area contributed by atoms with Crippen LogP contribution >= 0.6 is 0 Å². The van der Waals surface area contributed by atoms with Gasteiger partial charge in [-0.1, -0.05) is 0 Å². The number of anilines is 1. The van der Waals surface area contributed by atoms with E-state index in [0.717, 1.165) is 16.8 Å². The van der Waals surface area contributed by atoms with E-state index in [1.165, 1.54) is 12.1 Å². The zero-order valence-electron chi connectivity index (χ0n) is 9.94. The van der Waals surface area contributed by atoms with Crippen molar-refractivity contribution in [3.8, 4) is 6.07 Å².